The molecule has 0 aliphatic rings. The maximum atomic E-state index is 7.10. The lowest BCUT2D eigenvalue weighted by molar-refractivity contribution is 0.425. The number of hydrogen-bond donors (Lipinski definition) is 2. The Balaban J connectivity index is 2.82. The number of amidine groups is 1. The molecule has 0 saturated carbocycles. The normalized spacial score (nSPS) is 9.83. The van der Waals surface area contributed by atoms with Crippen LogP contribution in [0.2, 0.25) is 0 Å². The molecule has 0 spiro atoms. The number of halogens is 1. The highest BCUT2D eigenvalue weighted by atomic mass is 79.9. The third-order valence-electron chi connectivity index (χ3n) is 1.26. The molecule has 5 heteroatoms. The minimum absolute atomic E-state index is 0.173. The largest absolute Gasteiger partial charge is 0.486 e. The standard InChI is InChI=1S/C7H9BrN2OS/c1-11-7-5(8)2-4(12-7)3-6(9)10/h2H,3H2,1H3,(H3,9,10). The monoisotopic (exact) mass is 248 g/mol. The van der Waals surface area contributed by atoms with E-state index in [-0.39, 0.29) is 5.84 Å². The Labute approximate surface area is 83.2 Å². The Kier molecular flexibility index (Phi) is 3.11. The fourth-order valence-corrected chi connectivity index (χ4v) is 2.53. The van der Waals surface area contributed by atoms with Crippen molar-refractivity contribution in [2.45, 2.75) is 6.42 Å². The number of methoxy groups -OCH3 is 1. The molecule has 0 amide bonds. The molecule has 66 valence electrons. The predicted octanol–water partition coefficient (Wildman–Crippen LogP) is 2.00. The quantitative estimate of drug-likeness (QED) is 0.635. The number of ether oxygens (including phenoxy) is 1. The van der Waals surface area contributed by atoms with Crippen LogP contribution in [-0.4, -0.2) is 12.9 Å². The third kappa shape index (κ3) is 2.22. The van der Waals surface area contributed by atoms with Gasteiger partial charge in [0.05, 0.1) is 17.4 Å². The van der Waals surface area contributed by atoms with Crippen molar-refractivity contribution in [3.63, 3.8) is 0 Å². The van der Waals surface area contributed by atoms with Crippen molar-refractivity contribution in [2.75, 3.05) is 7.11 Å². The molecule has 3 nitrogen and oxygen atoms in total. The van der Waals surface area contributed by atoms with Crippen LogP contribution < -0.4 is 10.5 Å². The molecular weight excluding hydrogens is 240 g/mol. The van der Waals surface area contributed by atoms with Crippen LogP contribution in [0.3, 0.4) is 0 Å². The Morgan fingerprint density at radius 2 is 2.50 bits per heavy atom. The van der Waals surface area contributed by atoms with E-state index in [4.69, 9.17) is 15.9 Å². The molecule has 0 bridgehead atoms. The van der Waals surface area contributed by atoms with E-state index >= 15 is 0 Å². The molecule has 1 heterocycles. The SMILES string of the molecule is COc1sc(CC(=N)N)cc1Br. The highest BCUT2D eigenvalue weighted by Crippen LogP contribution is 2.34. The van der Waals surface area contributed by atoms with Gasteiger partial charge in [0.1, 0.15) is 0 Å². The molecule has 0 atom stereocenters. The van der Waals surface area contributed by atoms with Crippen LogP contribution in [-0.2, 0) is 6.42 Å². The first-order valence-electron chi connectivity index (χ1n) is 3.28. The molecule has 3 N–H and O–H groups in total. The van der Waals surface area contributed by atoms with E-state index in [9.17, 15) is 0 Å². The van der Waals surface area contributed by atoms with Crippen molar-refractivity contribution in [1.82, 2.24) is 0 Å². The van der Waals surface area contributed by atoms with Crippen molar-refractivity contribution >= 4 is 33.1 Å². The summed E-state index contributed by atoms with van der Waals surface area (Å²) in [4.78, 5) is 1.03. The van der Waals surface area contributed by atoms with E-state index in [1.54, 1.807) is 7.11 Å². The van der Waals surface area contributed by atoms with Gasteiger partial charge < -0.3 is 10.5 Å². The summed E-state index contributed by atoms with van der Waals surface area (Å²) >= 11 is 4.84. The van der Waals surface area contributed by atoms with Gasteiger partial charge in [-0.3, -0.25) is 5.41 Å². The van der Waals surface area contributed by atoms with Gasteiger partial charge >= 0.3 is 0 Å². The summed E-state index contributed by atoms with van der Waals surface area (Å²) < 4.78 is 5.99. The van der Waals surface area contributed by atoms with E-state index in [0.717, 1.165) is 14.4 Å². The lowest BCUT2D eigenvalue weighted by Crippen LogP contribution is -2.11. The Hall–Kier alpha value is -0.550. The first kappa shape index (κ1) is 9.54. The van der Waals surface area contributed by atoms with Gasteiger partial charge in [0.15, 0.2) is 5.06 Å². The van der Waals surface area contributed by atoms with Crippen molar-refractivity contribution in [3.8, 4) is 5.06 Å². The topological polar surface area (TPSA) is 59.1 Å². The maximum Gasteiger partial charge on any atom is 0.188 e. The molecule has 0 aliphatic carbocycles. The van der Waals surface area contributed by atoms with Crippen LogP contribution in [0.4, 0.5) is 0 Å². The van der Waals surface area contributed by atoms with Crippen molar-refractivity contribution in [1.29, 1.82) is 5.41 Å². The highest BCUT2D eigenvalue weighted by Gasteiger charge is 2.06. The first-order chi connectivity index (χ1) is 5.63. The molecule has 0 aliphatic heterocycles. The van der Waals surface area contributed by atoms with E-state index in [1.165, 1.54) is 11.3 Å². The smallest absolute Gasteiger partial charge is 0.188 e. The number of nitrogens with two attached hydrogens (primary N) is 1. The van der Waals surface area contributed by atoms with Gasteiger partial charge in [0, 0.05) is 11.3 Å². The van der Waals surface area contributed by atoms with Gasteiger partial charge in [-0.1, -0.05) is 0 Å². The summed E-state index contributed by atoms with van der Waals surface area (Å²) in [5, 5.41) is 7.92. The lowest BCUT2D eigenvalue weighted by Gasteiger charge is -1.92. The zero-order chi connectivity index (χ0) is 9.14. The van der Waals surface area contributed by atoms with Crippen LogP contribution in [0, 0.1) is 5.41 Å². The minimum atomic E-state index is 0.173. The Morgan fingerprint density at radius 3 is 2.92 bits per heavy atom. The van der Waals surface area contributed by atoms with E-state index < -0.39 is 0 Å². The van der Waals surface area contributed by atoms with Gasteiger partial charge in [0.2, 0.25) is 0 Å². The second-order valence-corrected chi connectivity index (χ2v) is 4.21. The summed E-state index contributed by atoms with van der Waals surface area (Å²) in [6.07, 6.45) is 0.493. The van der Waals surface area contributed by atoms with Crippen LogP contribution >= 0.6 is 27.3 Å². The zero-order valence-corrected chi connectivity index (χ0v) is 8.96. The Bertz CT molecular complexity index is 298. The van der Waals surface area contributed by atoms with Crippen molar-refractivity contribution in [2.24, 2.45) is 5.73 Å². The molecule has 0 radical (unpaired) electrons. The van der Waals surface area contributed by atoms with Crippen LogP contribution in [0.1, 0.15) is 4.88 Å². The van der Waals surface area contributed by atoms with E-state index in [0.29, 0.717) is 6.42 Å². The molecule has 1 rings (SSSR count). The summed E-state index contributed by atoms with van der Waals surface area (Å²) in [5.41, 5.74) is 5.26. The summed E-state index contributed by atoms with van der Waals surface area (Å²) in [5.74, 6) is 0.173. The fourth-order valence-electron chi connectivity index (χ4n) is 0.812. The number of nitrogens with one attached hydrogen (secondary N) is 1. The van der Waals surface area contributed by atoms with Crippen LogP contribution in [0.15, 0.2) is 10.5 Å². The van der Waals surface area contributed by atoms with Crippen LogP contribution in [0.25, 0.3) is 0 Å². The van der Waals surface area contributed by atoms with Gasteiger partial charge in [-0.15, -0.1) is 11.3 Å². The number of thiophene rings is 1. The second-order valence-electron chi connectivity index (χ2n) is 2.25. The average molecular weight is 249 g/mol. The van der Waals surface area contributed by atoms with Gasteiger partial charge in [-0.05, 0) is 22.0 Å². The summed E-state index contributed by atoms with van der Waals surface area (Å²) in [7, 11) is 1.62. The zero-order valence-electron chi connectivity index (χ0n) is 6.56. The first-order valence-corrected chi connectivity index (χ1v) is 4.89. The third-order valence-corrected chi connectivity index (χ3v) is 3.20. The van der Waals surface area contributed by atoms with Crippen molar-refractivity contribution in [3.05, 3.63) is 15.4 Å². The van der Waals surface area contributed by atoms with E-state index in [1.807, 2.05) is 6.07 Å². The predicted molar refractivity (Wildman–Crippen MR) is 54.2 cm³/mol. The molecule has 1 aromatic heterocycles. The molecule has 0 aromatic carbocycles. The molecule has 0 unspecified atom stereocenters. The van der Waals surface area contributed by atoms with Crippen molar-refractivity contribution < 1.29 is 4.74 Å². The maximum absolute atomic E-state index is 7.10. The van der Waals surface area contributed by atoms with Gasteiger partial charge in [-0.25, -0.2) is 0 Å². The summed E-state index contributed by atoms with van der Waals surface area (Å²) in [6, 6.07) is 1.92. The number of hydrogen-bond acceptors (Lipinski definition) is 3. The lowest BCUT2D eigenvalue weighted by atomic mass is 10.3. The van der Waals surface area contributed by atoms with Gasteiger partial charge in [-0.2, -0.15) is 0 Å². The van der Waals surface area contributed by atoms with Crippen LogP contribution in [0.5, 0.6) is 5.06 Å². The average Bonchev–Trinajstić information content (AvgIpc) is 2.29. The molecule has 0 saturated heterocycles. The van der Waals surface area contributed by atoms with E-state index in [2.05, 4.69) is 15.9 Å². The Morgan fingerprint density at radius 1 is 1.83 bits per heavy atom. The molecular formula is C7H9BrN2OS. The fraction of sp³-hybridized carbons (Fsp3) is 0.286. The van der Waals surface area contributed by atoms with Gasteiger partial charge in [0.25, 0.3) is 0 Å². The minimum Gasteiger partial charge on any atom is -0.486 e. The molecule has 1 aromatic rings. The summed E-state index contributed by atoms with van der Waals surface area (Å²) in [6.45, 7) is 0. The number of rotatable bonds is 3. The highest BCUT2D eigenvalue weighted by molar-refractivity contribution is 9.10. The second kappa shape index (κ2) is 3.91. The molecule has 0 fully saturated rings. The molecule has 12 heavy (non-hydrogen) atoms.